The molecule has 1 N–H and O–H groups in total. The average molecular weight is 247 g/mol. The van der Waals surface area contributed by atoms with Crippen LogP contribution in [0.2, 0.25) is 0 Å². The number of rotatable bonds is 5. The standard InChI is InChI=1S/C14H17NO3/c1-3-17-7-6-11-9-15-14-5-4-12(8-13(11)14)18-10(2)16/h4-5,8-9,15H,3,6-7H2,1-2H3. The van der Waals surface area contributed by atoms with Crippen molar-refractivity contribution in [3.8, 4) is 5.75 Å². The van der Waals surface area contributed by atoms with Crippen LogP contribution in [-0.4, -0.2) is 24.2 Å². The molecule has 0 unspecified atom stereocenters. The van der Waals surface area contributed by atoms with Crippen LogP contribution in [0.15, 0.2) is 24.4 Å². The Bertz CT molecular complexity index is 545. The fourth-order valence-corrected chi connectivity index (χ4v) is 1.92. The molecular weight excluding hydrogens is 230 g/mol. The first-order valence-electron chi connectivity index (χ1n) is 6.07. The normalized spacial score (nSPS) is 10.8. The van der Waals surface area contributed by atoms with E-state index in [1.807, 2.05) is 25.3 Å². The second-order valence-electron chi connectivity index (χ2n) is 4.06. The second kappa shape index (κ2) is 5.69. The third-order valence-electron chi connectivity index (χ3n) is 2.72. The first kappa shape index (κ1) is 12.6. The lowest BCUT2D eigenvalue weighted by Gasteiger charge is -2.03. The van der Waals surface area contributed by atoms with Crippen molar-refractivity contribution in [3.63, 3.8) is 0 Å². The predicted octanol–water partition coefficient (Wildman–Crippen LogP) is 2.67. The molecule has 0 aliphatic carbocycles. The van der Waals surface area contributed by atoms with E-state index >= 15 is 0 Å². The molecule has 1 aromatic heterocycles. The first-order chi connectivity index (χ1) is 8.70. The third kappa shape index (κ3) is 2.90. The van der Waals surface area contributed by atoms with Gasteiger partial charge in [-0.25, -0.2) is 0 Å². The highest BCUT2D eigenvalue weighted by Crippen LogP contribution is 2.24. The number of ether oxygens (including phenoxy) is 2. The van der Waals surface area contributed by atoms with Gasteiger partial charge in [0, 0.05) is 30.6 Å². The van der Waals surface area contributed by atoms with Crippen LogP contribution in [0.4, 0.5) is 0 Å². The van der Waals surface area contributed by atoms with Crippen molar-refractivity contribution in [1.29, 1.82) is 0 Å². The summed E-state index contributed by atoms with van der Waals surface area (Å²) in [6, 6.07) is 5.58. The van der Waals surface area contributed by atoms with E-state index in [2.05, 4.69) is 4.98 Å². The van der Waals surface area contributed by atoms with Crippen LogP contribution in [0, 0.1) is 0 Å². The largest absolute Gasteiger partial charge is 0.427 e. The van der Waals surface area contributed by atoms with Crippen LogP contribution in [0.5, 0.6) is 5.75 Å². The van der Waals surface area contributed by atoms with E-state index in [1.165, 1.54) is 12.5 Å². The Balaban J connectivity index is 2.22. The van der Waals surface area contributed by atoms with Crippen LogP contribution in [0.1, 0.15) is 19.4 Å². The summed E-state index contributed by atoms with van der Waals surface area (Å²) in [5.74, 6) is 0.271. The number of hydrogen-bond donors (Lipinski definition) is 1. The molecule has 18 heavy (non-hydrogen) atoms. The minimum Gasteiger partial charge on any atom is -0.427 e. The smallest absolute Gasteiger partial charge is 0.308 e. The number of carbonyl (C=O) groups excluding carboxylic acids is 1. The molecular formula is C14H17NO3. The molecule has 1 aromatic carbocycles. The molecule has 0 bridgehead atoms. The lowest BCUT2D eigenvalue weighted by molar-refractivity contribution is -0.131. The van der Waals surface area contributed by atoms with Crippen LogP contribution in [-0.2, 0) is 16.0 Å². The van der Waals surface area contributed by atoms with Crippen molar-refractivity contribution in [2.24, 2.45) is 0 Å². The van der Waals surface area contributed by atoms with E-state index < -0.39 is 0 Å². The highest BCUT2D eigenvalue weighted by Gasteiger charge is 2.06. The van der Waals surface area contributed by atoms with Gasteiger partial charge in [0.15, 0.2) is 0 Å². The molecule has 0 radical (unpaired) electrons. The van der Waals surface area contributed by atoms with Crippen molar-refractivity contribution < 1.29 is 14.3 Å². The van der Waals surface area contributed by atoms with Gasteiger partial charge in [0.05, 0.1) is 6.61 Å². The lowest BCUT2D eigenvalue weighted by atomic mass is 10.1. The fraction of sp³-hybridized carbons (Fsp3) is 0.357. The molecule has 2 rings (SSSR count). The maximum Gasteiger partial charge on any atom is 0.308 e. The molecule has 0 amide bonds. The number of H-pyrrole nitrogens is 1. The minimum absolute atomic E-state index is 0.305. The number of fused-ring (bicyclic) bond motifs is 1. The Kier molecular flexibility index (Phi) is 3.99. The van der Waals surface area contributed by atoms with E-state index in [0.29, 0.717) is 12.4 Å². The number of nitrogens with one attached hydrogen (secondary N) is 1. The maximum absolute atomic E-state index is 10.9. The van der Waals surface area contributed by atoms with Crippen molar-refractivity contribution in [2.75, 3.05) is 13.2 Å². The third-order valence-corrected chi connectivity index (χ3v) is 2.72. The molecule has 2 aromatic rings. The zero-order valence-corrected chi connectivity index (χ0v) is 10.7. The molecule has 0 spiro atoms. The van der Waals surface area contributed by atoms with Crippen LogP contribution in [0.3, 0.4) is 0 Å². The number of aromatic amines is 1. The summed E-state index contributed by atoms with van der Waals surface area (Å²) in [4.78, 5) is 14.1. The molecule has 0 aliphatic rings. The summed E-state index contributed by atoms with van der Waals surface area (Å²) < 4.78 is 10.4. The lowest BCUT2D eigenvalue weighted by Crippen LogP contribution is -2.01. The van der Waals surface area contributed by atoms with E-state index in [-0.39, 0.29) is 5.97 Å². The molecule has 0 saturated heterocycles. The monoisotopic (exact) mass is 247 g/mol. The van der Waals surface area contributed by atoms with Crippen molar-refractivity contribution in [1.82, 2.24) is 4.98 Å². The van der Waals surface area contributed by atoms with E-state index in [1.54, 1.807) is 6.07 Å². The summed E-state index contributed by atoms with van der Waals surface area (Å²) in [5, 5.41) is 1.08. The van der Waals surface area contributed by atoms with Gasteiger partial charge in [-0.2, -0.15) is 0 Å². The van der Waals surface area contributed by atoms with Gasteiger partial charge in [-0.3, -0.25) is 4.79 Å². The highest BCUT2D eigenvalue weighted by molar-refractivity contribution is 5.85. The summed E-state index contributed by atoms with van der Waals surface area (Å²) in [5.41, 5.74) is 2.21. The molecule has 0 atom stereocenters. The van der Waals surface area contributed by atoms with Gasteiger partial charge < -0.3 is 14.5 Å². The van der Waals surface area contributed by atoms with Gasteiger partial charge in [-0.1, -0.05) is 0 Å². The minimum atomic E-state index is -0.305. The van der Waals surface area contributed by atoms with Gasteiger partial charge in [-0.05, 0) is 37.1 Å². The van der Waals surface area contributed by atoms with Crippen LogP contribution < -0.4 is 4.74 Å². The summed E-state index contributed by atoms with van der Waals surface area (Å²) in [7, 11) is 0. The van der Waals surface area contributed by atoms with Crippen LogP contribution in [0.25, 0.3) is 10.9 Å². The fourth-order valence-electron chi connectivity index (χ4n) is 1.92. The Morgan fingerprint density at radius 1 is 1.39 bits per heavy atom. The van der Waals surface area contributed by atoms with Crippen LogP contribution >= 0.6 is 0 Å². The second-order valence-corrected chi connectivity index (χ2v) is 4.06. The van der Waals surface area contributed by atoms with E-state index in [9.17, 15) is 4.79 Å². The number of benzene rings is 1. The quantitative estimate of drug-likeness (QED) is 0.502. The Labute approximate surface area is 106 Å². The van der Waals surface area contributed by atoms with E-state index in [0.717, 1.165) is 23.9 Å². The van der Waals surface area contributed by atoms with Crippen molar-refractivity contribution in [3.05, 3.63) is 30.0 Å². The number of carbonyl (C=O) groups is 1. The van der Waals surface area contributed by atoms with Gasteiger partial charge in [0.2, 0.25) is 0 Å². The van der Waals surface area contributed by atoms with Gasteiger partial charge in [0.25, 0.3) is 0 Å². The molecule has 0 saturated carbocycles. The Morgan fingerprint density at radius 3 is 2.94 bits per heavy atom. The molecule has 0 aliphatic heterocycles. The number of aromatic nitrogens is 1. The van der Waals surface area contributed by atoms with Gasteiger partial charge in [0.1, 0.15) is 5.75 Å². The van der Waals surface area contributed by atoms with Gasteiger partial charge >= 0.3 is 5.97 Å². The van der Waals surface area contributed by atoms with Gasteiger partial charge in [-0.15, -0.1) is 0 Å². The first-order valence-corrected chi connectivity index (χ1v) is 6.07. The zero-order valence-electron chi connectivity index (χ0n) is 10.7. The molecule has 4 heteroatoms. The maximum atomic E-state index is 10.9. The zero-order chi connectivity index (χ0) is 13.0. The van der Waals surface area contributed by atoms with Crippen molar-refractivity contribution >= 4 is 16.9 Å². The van der Waals surface area contributed by atoms with Crippen molar-refractivity contribution in [2.45, 2.75) is 20.3 Å². The van der Waals surface area contributed by atoms with E-state index in [4.69, 9.17) is 9.47 Å². The topological polar surface area (TPSA) is 51.3 Å². The highest BCUT2D eigenvalue weighted by atomic mass is 16.5. The molecule has 0 fully saturated rings. The summed E-state index contributed by atoms with van der Waals surface area (Å²) in [6.45, 7) is 4.80. The molecule has 4 nitrogen and oxygen atoms in total. The Hall–Kier alpha value is -1.81. The molecule has 96 valence electrons. The average Bonchev–Trinajstić information content (AvgIpc) is 2.72. The molecule has 1 heterocycles. The predicted molar refractivity (Wildman–Crippen MR) is 69.8 cm³/mol. The Morgan fingerprint density at radius 2 is 2.22 bits per heavy atom. The number of hydrogen-bond acceptors (Lipinski definition) is 3. The summed E-state index contributed by atoms with van der Waals surface area (Å²) >= 11 is 0. The SMILES string of the molecule is CCOCCc1c[nH]c2ccc(OC(C)=O)cc12. The number of esters is 1. The summed E-state index contributed by atoms with van der Waals surface area (Å²) in [6.07, 6.45) is 2.82.